The highest BCUT2D eigenvalue weighted by molar-refractivity contribution is 5.82. The molecule has 0 aromatic rings. The molecule has 0 aliphatic carbocycles. The van der Waals surface area contributed by atoms with Crippen molar-refractivity contribution in [3.63, 3.8) is 0 Å². The van der Waals surface area contributed by atoms with Gasteiger partial charge in [-0.3, -0.25) is 0 Å². The van der Waals surface area contributed by atoms with Crippen molar-refractivity contribution in [3.05, 3.63) is 0 Å². The maximum Gasteiger partial charge on any atom is 0.143 e. The van der Waals surface area contributed by atoms with Crippen molar-refractivity contribution in [1.29, 1.82) is 0 Å². The normalized spacial score (nSPS) is 22.0. The number of nitrogens with zero attached hydrogens (tertiary/aromatic N) is 3. The fraction of sp³-hybridized carbons (Fsp3) is 0.917. The summed E-state index contributed by atoms with van der Waals surface area (Å²) in [5.41, 5.74) is 5.60. The maximum atomic E-state index is 8.63. The number of nitrogens with two attached hydrogens (primary N) is 1. The van der Waals surface area contributed by atoms with Crippen LogP contribution in [0.1, 0.15) is 26.7 Å². The minimum atomic E-state index is 0.106. The predicted molar refractivity (Wildman–Crippen MR) is 70.3 cm³/mol. The van der Waals surface area contributed by atoms with E-state index in [0.29, 0.717) is 11.9 Å². The lowest BCUT2D eigenvalue weighted by molar-refractivity contribution is 0.126. The van der Waals surface area contributed by atoms with Crippen LogP contribution in [0.3, 0.4) is 0 Å². The Labute approximate surface area is 104 Å². The lowest BCUT2D eigenvalue weighted by atomic mass is 10.0. The van der Waals surface area contributed by atoms with E-state index in [4.69, 9.17) is 10.9 Å². The molecule has 1 aliphatic rings. The summed E-state index contributed by atoms with van der Waals surface area (Å²) in [6, 6.07) is 0.631. The molecule has 3 N–H and O–H groups in total. The van der Waals surface area contributed by atoms with Gasteiger partial charge in [0.25, 0.3) is 0 Å². The second-order valence-corrected chi connectivity index (χ2v) is 5.03. The molecule has 1 saturated heterocycles. The lowest BCUT2D eigenvalue weighted by Crippen LogP contribution is -2.45. The number of amidine groups is 1. The number of piperidine rings is 1. The Balaban J connectivity index is 2.36. The molecular weight excluding hydrogens is 216 g/mol. The summed E-state index contributed by atoms with van der Waals surface area (Å²) < 4.78 is 0. The summed E-state index contributed by atoms with van der Waals surface area (Å²) in [6.07, 6.45) is 2.43. The van der Waals surface area contributed by atoms with Crippen molar-refractivity contribution in [3.8, 4) is 0 Å². The summed E-state index contributed by atoms with van der Waals surface area (Å²) >= 11 is 0. The number of hydrogen-bond donors (Lipinski definition) is 2. The van der Waals surface area contributed by atoms with Gasteiger partial charge in [0, 0.05) is 18.5 Å². The third-order valence-corrected chi connectivity index (χ3v) is 3.81. The van der Waals surface area contributed by atoms with Crippen LogP contribution in [0, 0.1) is 5.92 Å². The fourth-order valence-electron chi connectivity index (χ4n) is 2.45. The van der Waals surface area contributed by atoms with E-state index in [1.807, 2.05) is 6.92 Å². The molecule has 0 bridgehead atoms. The molecule has 0 amide bonds. The van der Waals surface area contributed by atoms with E-state index >= 15 is 0 Å². The SMILES string of the molecule is CCN1CCC(N(C)CC(C)/C(N)=N/O)CC1. The second-order valence-electron chi connectivity index (χ2n) is 5.03. The van der Waals surface area contributed by atoms with Crippen LogP contribution in [-0.2, 0) is 0 Å². The number of hydrogen-bond acceptors (Lipinski definition) is 4. The highest BCUT2D eigenvalue weighted by Gasteiger charge is 2.23. The fourth-order valence-corrected chi connectivity index (χ4v) is 2.45. The molecule has 1 atom stereocenters. The number of likely N-dealkylation sites (tertiary alicyclic amines) is 1. The van der Waals surface area contributed by atoms with Gasteiger partial charge in [-0.15, -0.1) is 0 Å². The monoisotopic (exact) mass is 242 g/mol. The molecule has 1 fully saturated rings. The van der Waals surface area contributed by atoms with E-state index in [0.717, 1.165) is 13.1 Å². The van der Waals surface area contributed by atoms with Gasteiger partial charge in [0.15, 0.2) is 0 Å². The molecule has 5 heteroatoms. The molecule has 1 heterocycles. The standard InChI is InChI=1S/C12H26N4O/c1-4-16-7-5-11(6-8-16)15(3)9-10(2)12(13)14-17/h10-11,17H,4-9H2,1-3H3,(H2,13,14). The smallest absolute Gasteiger partial charge is 0.143 e. The highest BCUT2D eigenvalue weighted by Crippen LogP contribution is 2.16. The van der Waals surface area contributed by atoms with E-state index in [-0.39, 0.29) is 5.92 Å². The largest absolute Gasteiger partial charge is 0.409 e. The van der Waals surface area contributed by atoms with Crippen molar-refractivity contribution in [1.82, 2.24) is 9.80 Å². The predicted octanol–water partition coefficient (Wildman–Crippen LogP) is 0.785. The molecule has 1 rings (SSSR count). The zero-order valence-electron chi connectivity index (χ0n) is 11.3. The first-order valence-electron chi connectivity index (χ1n) is 6.48. The van der Waals surface area contributed by atoms with Gasteiger partial charge >= 0.3 is 0 Å². The van der Waals surface area contributed by atoms with Crippen molar-refractivity contribution < 1.29 is 5.21 Å². The van der Waals surface area contributed by atoms with Crippen LogP contribution < -0.4 is 5.73 Å². The van der Waals surface area contributed by atoms with Crippen LogP contribution in [-0.4, -0.2) is 60.1 Å². The summed E-state index contributed by atoms with van der Waals surface area (Å²) in [6.45, 7) is 8.58. The van der Waals surface area contributed by atoms with Crippen molar-refractivity contribution in [2.75, 3.05) is 33.2 Å². The van der Waals surface area contributed by atoms with Gasteiger partial charge in [-0.1, -0.05) is 19.0 Å². The van der Waals surface area contributed by atoms with Crippen LogP contribution in [0.2, 0.25) is 0 Å². The summed E-state index contributed by atoms with van der Waals surface area (Å²) in [4.78, 5) is 4.83. The van der Waals surface area contributed by atoms with E-state index in [1.54, 1.807) is 0 Å². The van der Waals surface area contributed by atoms with Gasteiger partial charge in [-0.05, 0) is 39.5 Å². The van der Waals surface area contributed by atoms with Gasteiger partial charge < -0.3 is 20.7 Å². The van der Waals surface area contributed by atoms with E-state index in [1.165, 1.54) is 25.9 Å². The Hall–Kier alpha value is -0.810. The van der Waals surface area contributed by atoms with Gasteiger partial charge in [0.1, 0.15) is 5.84 Å². The van der Waals surface area contributed by atoms with E-state index < -0.39 is 0 Å². The lowest BCUT2D eigenvalue weighted by Gasteiger charge is -2.37. The molecule has 0 aromatic carbocycles. The molecule has 0 spiro atoms. The summed E-state index contributed by atoms with van der Waals surface area (Å²) in [5.74, 6) is 0.428. The first-order valence-corrected chi connectivity index (χ1v) is 6.48. The molecule has 1 unspecified atom stereocenters. The Kier molecular flexibility index (Phi) is 5.71. The maximum absolute atomic E-state index is 8.63. The highest BCUT2D eigenvalue weighted by atomic mass is 16.4. The van der Waals surface area contributed by atoms with Crippen molar-refractivity contribution in [2.24, 2.45) is 16.8 Å². The van der Waals surface area contributed by atoms with Crippen LogP contribution in [0.15, 0.2) is 5.16 Å². The van der Waals surface area contributed by atoms with Crippen LogP contribution in [0.5, 0.6) is 0 Å². The minimum absolute atomic E-state index is 0.106. The van der Waals surface area contributed by atoms with Crippen molar-refractivity contribution in [2.45, 2.75) is 32.7 Å². The summed E-state index contributed by atoms with van der Waals surface area (Å²) in [7, 11) is 2.13. The van der Waals surface area contributed by atoms with Gasteiger partial charge in [0.2, 0.25) is 0 Å². The molecule has 100 valence electrons. The zero-order valence-corrected chi connectivity index (χ0v) is 11.3. The Bertz CT molecular complexity index is 249. The van der Waals surface area contributed by atoms with Crippen LogP contribution >= 0.6 is 0 Å². The molecule has 5 nitrogen and oxygen atoms in total. The summed E-state index contributed by atoms with van der Waals surface area (Å²) in [5, 5.41) is 11.7. The number of oxime groups is 1. The third-order valence-electron chi connectivity index (χ3n) is 3.81. The quantitative estimate of drug-likeness (QED) is 0.324. The Morgan fingerprint density at radius 1 is 1.53 bits per heavy atom. The Morgan fingerprint density at radius 3 is 2.59 bits per heavy atom. The van der Waals surface area contributed by atoms with Crippen LogP contribution in [0.25, 0.3) is 0 Å². The topological polar surface area (TPSA) is 65.1 Å². The first kappa shape index (κ1) is 14.3. The zero-order chi connectivity index (χ0) is 12.8. The van der Waals surface area contributed by atoms with Gasteiger partial charge in [0.05, 0.1) is 0 Å². The number of rotatable bonds is 5. The first-order chi connectivity index (χ1) is 8.08. The molecule has 0 aromatic heterocycles. The molecule has 0 radical (unpaired) electrons. The minimum Gasteiger partial charge on any atom is -0.409 e. The molecular formula is C12H26N4O. The second kappa shape index (κ2) is 6.81. The van der Waals surface area contributed by atoms with Gasteiger partial charge in [-0.25, -0.2) is 0 Å². The van der Waals surface area contributed by atoms with Crippen molar-refractivity contribution >= 4 is 5.84 Å². The Morgan fingerprint density at radius 2 is 2.12 bits per heavy atom. The van der Waals surface area contributed by atoms with E-state index in [9.17, 15) is 0 Å². The van der Waals surface area contributed by atoms with Gasteiger partial charge in [-0.2, -0.15) is 0 Å². The average molecular weight is 242 g/mol. The van der Waals surface area contributed by atoms with Crippen LogP contribution in [0.4, 0.5) is 0 Å². The van der Waals surface area contributed by atoms with E-state index in [2.05, 4.69) is 28.9 Å². The average Bonchev–Trinajstić information content (AvgIpc) is 2.37. The molecule has 0 saturated carbocycles. The molecule has 17 heavy (non-hydrogen) atoms. The third kappa shape index (κ3) is 4.16. The molecule has 1 aliphatic heterocycles.